The van der Waals surface area contributed by atoms with Crippen LogP contribution in [-0.4, -0.2) is 10.9 Å². The van der Waals surface area contributed by atoms with Crippen molar-refractivity contribution >= 4 is 29.0 Å². The molecule has 17 heavy (non-hydrogen) atoms. The van der Waals surface area contributed by atoms with Gasteiger partial charge in [0.25, 0.3) is 11.1 Å². The minimum Gasteiger partial charge on any atom is -0.440 e. The van der Waals surface area contributed by atoms with Gasteiger partial charge < -0.3 is 4.42 Å². The average molecular weight is 269 g/mol. The molecule has 0 unspecified atom stereocenters. The molecule has 0 aliphatic rings. The number of hydrazine groups is 1. The van der Waals surface area contributed by atoms with E-state index in [1.165, 1.54) is 29.4 Å². The fourth-order valence-corrected chi connectivity index (χ4v) is 3.14. The van der Waals surface area contributed by atoms with Crippen LogP contribution in [0.25, 0.3) is 0 Å². The van der Waals surface area contributed by atoms with Gasteiger partial charge in [0.2, 0.25) is 0 Å². The number of aromatic nitrogens is 1. The van der Waals surface area contributed by atoms with Crippen molar-refractivity contribution in [3.63, 3.8) is 0 Å². The van der Waals surface area contributed by atoms with Crippen LogP contribution in [0.15, 0.2) is 28.2 Å². The highest BCUT2D eigenvalue weighted by molar-refractivity contribution is 7.98. The molecule has 0 atom stereocenters. The Kier molecular flexibility index (Phi) is 3.82. The Bertz CT molecular complexity index is 508. The molecule has 0 spiro atoms. The van der Waals surface area contributed by atoms with Crippen molar-refractivity contribution in [2.75, 3.05) is 0 Å². The first-order valence-electron chi connectivity index (χ1n) is 4.83. The number of carbonyl (C=O) groups is 1. The first-order chi connectivity index (χ1) is 8.20. The van der Waals surface area contributed by atoms with Crippen LogP contribution < -0.4 is 11.3 Å². The predicted octanol–water partition coefficient (Wildman–Crippen LogP) is 1.94. The summed E-state index contributed by atoms with van der Waals surface area (Å²) in [6.07, 6.45) is 3.15. The molecule has 90 valence electrons. The van der Waals surface area contributed by atoms with E-state index in [1.807, 2.05) is 13.0 Å². The Hall–Kier alpha value is -1.31. The van der Waals surface area contributed by atoms with Gasteiger partial charge in [-0.2, -0.15) is 0 Å². The number of rotatable bonds is 4. The standard InChI is InChI=1S/C10H11N3O2S2/c1-6-7(4-8(17-6)9(14)13-11)5-16-10-12-2-3-15-10/h2-4H,5,11H2,1H3,(H,13,14). The highest BCUT2D eigenvalue weighted by atomic mass is 32.2. The lowest BCUT2D eigenvalue weighted by Gasteiger charge is -1.95. The molecule has 0 radical (unpaired) electrons. The second-order valence-electron chi connectivity index (χ2n) is 3.25. The monoisotopic (exact) mass is 269 g/mol. The number of oxazole rings is 1. The molecule has 5 nitrogen and oxygen atoms in total. The molecule has 0 aromatic carbocycles. The molecule has 7 heteroatoms. The van der Waals surface area contributed by atoms with Crippen molar-refractivity contribution in [3.8, 4) is 0 Å². The molecule has 1 amide bonds. The molecule has 0 fully saturated rings. The number of nitrogen functional groups attached to an aromatic ring is 1. The van der Waals surface area contributed by atoms with Crippen molar-refractivity contribution in [1.29, 1.82) is 0 Å². The van der Waals surface area contributed by atoms with Crippen LogP contribution in [0, 0.1) is 6.92 Å². The molecular formula is C10H11N3O2S2. The Labute approximate surface area is 106 Å². The predicted molar refractivity (Wildman–Crippen MR) is 66.8 cm³/mol. The van der Waals surface area contributed by atoms with E-state index in [0.29, 0.717) is 10.1 Å². The normalized spacial score (nSPS) is 10.5. The quantitative estimate of drug-likeness (QED) is 0.384. The van der Waals surface area contributed by atoms with E-state index in [1.54, 1.807) is 6.20 Å². The molecular weight excluding hydrogens is 258 g/mol. The lowest BCUT2D eigenvalue weighted by molar-refractivity contribution is 0.0957. The zero-order chi connectivity index (χ0) is 12.3. The third-order valence-electron chi connectivity index (χ3n) is 2.14. The molecule has 3 N–H and O–H groups in total. The number of hydrogen-bond acceptors (Lipinski definition) is 6. The zero-order valence-electron chi connectivity index (χ0n) is 9.10. The number of hydrogen-bond donors (Lipinski definition) is 2. The summed E-state index contributed by atoms with van der Waals surface area (Å²) in [4.78, 5) is 17.1. The van der Waals surface area contributed by atoms with Gasteiger partial charge in [0.05, 0.1) is 11.1 Å². The Balaban J connectivity index is 2.06. The SMILES string of the molecule is Cc1sc(C(=O)NN)cc1CSc1ncco1. The number of nitrogens with one attached hydrogen (secondary N) is 1. The van der Waals surface area contributed by atoms with Crippen molar-refractivity contribution in [3.05, 3.63) is 33.8 Å². The van der Waals surface area contributed by atoms with Gasteiger partial charge in [-0.3, -0.25) is 10.2 Å². The summed E-state index contributed by atoms with van der Waals surface area (Å²) in [5, 5.41) is 0.625. The Morgan fingerprint density at radius 3 is 3.18 bits per heavy atom. The number of nitrogens with zero attached hydrogens (tertiary/aromatic N) is 1. The number of carbonyl (C=O) groups excluding carboxylic acids is 1. The van der Waals surface area contributed by atoms with Gasteiger partial charge in [-0.25, -0.2) is 10.8 Å². The molecule has 2 aromatic rings. The third-order valence-corrected chi connectivity index (χ3v) is 4.13. The summed E-state index contributed by atoms with van der Waals surface area (Å²) in [7, 11) is 0. The van der Waals surface area contributed by atoms with Crippen LogP contribution in [0.2, 0.25) is 0 Å². The summed E-state index contributed by atoms with van der Waals surface area (Å²) < 4.78 is 5.13. The highest BCUT2D eigenvalue weighted by Gasteiger charge is 2.12. The van der Waals surface area contributed by atoms with Crippen molar-refractivity contribution in [2.24, 2.45) is 5.84 Å². The summed E-state index contributed by atoms with van der Waals surface area (Å²) in [5.74, 6) is 5.56. The number of thioether (sulfide) groups is 1. The maximum Gasteiger partial charge on any atom is 0.275 e. The Morgan fingerprint density at radius 2 is 2.53 bits per heavy atom. The van der Waals surface area contributed by atoms with Gasteiger partial charge in [-0.15, -0.1) is 11.3 Å². The minimum absolute atomic E-state index is 0.259. The van der Waals surface area contributed by atoms with Gasteiger partial charge in [-0.1, -0.05) is 11.8 Å². The van der Waals surface area contributed by atoms with E-state index < -0.39 is 0 Å². The van der Waals surface area contributed by atoms with Crippen LogP contribution in [0.1, 0.15) is 20.1 Å². The molecule has 0 bridgehead atoms. The summed E-state index contributed by atoms with van der Waals surface area (Å²) in [6, 6.07) is 1.85. The van der Waals surface area contributed by atoms with Crippen molar-refractivity contribution in [1.82, 2.24) is 10.4 Å². The largest absolute Gasteiger partial charge is 0.440 e. The zero-order valence-corrected chi connectivity index (χ0v) is 10.7. The van der Waals surface area contributed by atoms with E-state index in [-0.39, 0.29) is 5.91 Å². The maximum atomic E-state index is 11.3. The minimum atomic E-state index is -0.259. The van der Waals surface area contributed by atoms with Gasteiger partial charge in [0, 0.05) is 10.6 Å². The first-order valence-corrected chi connectivity index (χ1v) is 6.63. The second kappa shape index (κ2) is 5.35. The molecule has 0 saturated carbocycles. The lowest BCUT2D eigenvalue weighted by atomic mass is 10.3. The fraction of sp³-hybridized carbons (Fsp3) is 0.200. The van der Waals surface area contributed by atoms with E-state index >= 15 is 0 Å². The summed E-state index contributed by atoms with van der Waals surface area (Å²) >= 11 is 2.92. The Morgan fingerprint density at radius 1 is 1.71 bits per heavy atom. The van der Waals surface area contributed by atoms with Crippen LogP contribution >= 0.6 is 23.1 Å². The topological polar surface area (TPSA) is 81.2 Å². The first kappa shape index (κ1) is 12.2. The maximum absolute atomic E-state index is 11.3. The van der Waals surface area contributed by atoms with E-state index in [2.05, 4.69) is 10.4 Å². The molecule has 0 aliphatic carbocycles. The smallest absolute Gasteiger partial charge is 0.275 e. The fourth-order valence-electron chi connectivity index (χ4n) is 1.27. The average Bonchev–Trinajstić information content (AvgIpc) is 2.95. The van der Waals surface area contributed by atoms with Crippen LogP contribution in [0.4, 0.5) is 0 Å². The van der Waals surface area contributed by atoms with Crippen LogP contribution in [-0.2, 0) is 5.75 Å². The van der Waals surface area contributed by atoms with Crippen molar-refractivity contribution in [2.45, 2.75) is 17.9 Å². The molecule has 0 saturated heterocycles. The van der Waals surface area contributed by atoms with E-state index in [9.17, 15) is 4.79 Å². The highest BCUT2D eigenvalue weighted by Crippen LogP contribution is 2.28. The molecule has 2 heterocycles. The van der Waals surface area contributed by atoms with Crippen LogP contribution in [0.5, 0.6) is 0 Å². The number of thiophene rings is 1. The number of amides is 1. The molecule has 2 rings (SSSR count). The van der Waals surface area contributed by atoms with Gasteiger partial charge in [-0.05, 0) is 18.6 Å². The van der Waals surface area contributed by atoms with E-state index in [0.717, 1.165) is 16.2 Å². The number of nitrogens with two attached hydrogens (primary N) is 1. The summed E-state index contributed by atoms with van der Waals surface area (Å²) in [6.45, 7) is 1.98. The molecule has 2 aromatic heterocycles. The molecule has 0 aliphatic heterocycles. The van der Waals surface area contributed by atoms with Gasteiger partial charge >= 0.3 is 0 Å². The third kappa shape index (κ3) is 2.87. The van der Waals surface area contributed by atoms with Crippen LogP contribution in [0.3, 0.4) is 0 Å². The van der Waals surface area contributed by atoms with Gasteiger partial charge in [0.1, 0.15) is 6.26 Å². The van der Waals surface area contributed by atoms with Gasteiger partial charge in [0.15, 0.2) is 0 Å². The van der Waals surface area contributed by atoms with Crippen molar-refractivity contribution < 1.29 is 9.21 Å². The second-order valence-corrected chi connectivity index (χ2v) is 5.44. The lowest BCUT2D eigenvalue weighted by Crippen LogP contribution is -2.29. The number of aryl methyl sites for hydroxylation is 1. The summed E-state index contributed by atoms with van der Waals surface area (Å²) in [5.41, 5.74) is 3.22. The van der Waals surface area contributed by atoms with E-state index in [4.69, 9.17) is 10.3 Å².